The Morgan fingerprint density at radius 1 is 0.857 bits per heavy atom. The molecule has 5 aliphatic heterocycles. The van der Waals surface area contributed by atoms with Gasteiger partial charge < -0.3 is 58.5 Å². The lowest BCUT2D eigenvalue weighted by Gasteiger charge is -2.54. The second kappa shape index (κ2) is 22.5. The minimum atomic E-state index is -1.38. The number of aliphatic hydroxyl groups is 3. The molecular formula is C49H85NO13. The number of nitrogens with one attached hydrogen (secondary N) is 1. The van der Waals surface area contributed by atoms with E-state index in [0.29, 0.717) is 90.9 Å². The molecule has 0 aliphatic carbocycles. The predicted molar refractivity (Wildman–Crippen MR) is 238 cm³/mol. The van der Waals surface area contributed by atoms with Crippen LogP contribution in [-0.4, -0.2) is 139 Å². The topological polar surface area (TPSA) is 181 Å². The molecule has 14 nitrogen and oxygen atoms in total. The van der Waals surface area contributed by atoms with Gasteiger partial charge in [-0.3, -0.25) is 9.59 Å². The normalized spacial score (nSPS) is 40.7. The zero-order chi connectivity index (χ0) is 46.3. The number of amides is 1. The van der Waals surface area contributed by atoms with Gasteiger partial charge in [-0.05, 0) is 95.6 Å². The summed E-state index contributed by atoms with van der Waals surface area (Å²) in [6.07, 6.45) is 5.95. The number of hydrogen-bond donors (Lipinski definition) is 4. The van der Waals surface area contributed by atoms with Crippen LogP contribution in [0.5, 0.6) is 0 Å². The van der Waals surface area contributed by atoms with Crippen LogP contribution in [0.25, 0.3) is 0 Å². The maximum absolute atomic E-state index is 14.7. The van der Waals surface area contributed by atoms with E-state index in [2.05, 4.69) is 26.1 Å². The Morgan fingerprint density at radius 2 is 1.54 bits per heavy atom. The summed E-state index contributed by atoms with van der Waals surface area (Å²) in [6, 6.07) is 0. The Bertz CT molecular complexity index is 1500. The van der Waals surface area contributed by atoms with Crippen molar-refractivity contribution in [1.29, 1.82) is 0 Å². The van der Waals surface area contributed by atoms with Crippen LogP contribution in [0.3, 0.4) is 0 Å². The lowest BCUT2D eigenvalue weighted by Crippen LogP contribution is -2.63. The summed E-state index contributed by atoms with van der Waals surface area (Å²) in [7, 11) is 1.63. The van der Waals surface area contributed by atoms with E-state index in [0.717, 1.165) is 12.8 Å². The summed E-state index contributed by atoms with van der Waals surface area (Å²) in [5.74, 6) is -4.69. The zero-order valence-electron chi connectivity index (χ0n) is 40.5. The maximum Gasteiger partial charge on any atom is 0.225 e. The van der Waals surface area contributed by atoms with Gasteiger partial charge in [0.15, 0.2) is 5.79 Å². The van der Waals surface area contributed by atoms with E-state index < -0.39 is 52.9 Å². The summed E-state index contributed by atoms with van der Waals surface area (Å²) in [4.78, 5) is 28.0. The van der Waals surface area contributed by atoms with E-state index in [1.54, 1.807) is 13.2 Å². The smallest absolute Gasteiger partial charge is 0.225 e. The van der Waals surface area contributed by atoms with Gasteiger partial charge in [0, 0.05) is 43.7 Å². The molecule has 4 saturated heterocycles. The molecule has 18 atom stereocenters. The van der Waals surface area contributed by atoms with Crippen molar-refractivity contribution in [2.75, 3.05) is 46.7 Å². The SMILES string of the molecule is CC[C@@H](C(=O)[C@@H](C)[C@@H](O)[C@H](C)[C@@H]1O[C@@H]([C@@H](CC)C(=O)NCCOCCOCCOC)CC[C@@H]1C)[C@H]1O[C@]2(C=C[C@@H](O)[C@]3(CC[C@@](C)([C@H]4CC[C@](O)(CC)[C@H](C)O4)O3)O2)[C@H](C)C[C@@H]1C. The van der Waals surface area contributed by atoms with Crippen molar-refractivity contribution in [3.8, 4) is 0 Å². The molecule has 2 spiro atoms. The van der Waals surface area contributed by atoms with Crippen molar-refractivity contribution in [2.45, 2.75) is 199 Å². The van der Waals surface area contributed by atoms with Gasteiger partial charge >= 0.3 is 0 Å². The molecule has 0 bridgehead atoms. The van der Waals surface area contributed by atoms with E-state index in [-0.39, 0.29) is 65.7 Å². The molecule has 0 aromatic rings. The van der Waals surface area contributed by atoms with Crippen LogP contribution < -0.4 is 5.32 Å². The van der Waals surface area contributed by atoms with Crippen molar-refractivity contribution in [3.63, 3.8) is 0 Å². The van der Waals surface area contributed by atoms with E-state index in [4.69, 9.17) is 37.9 Å². The molecule has 4 N–H and O–H groups in total. The second-order valence-corrected chi connectivity index (χ2v) is 20.1. The quantitative estimate of drug-likeness (QED) is 0.0792. The molecule has 0 aromatic heterocycles. The number of carbonyl (C=O) groups is 2. The van der Waals surface area contributed by atoms with E-state index in [1.807, 2.05) is 54.5 Å². The highest BCUT2D eigenvalue weighted by Gasteiger charge is 2.63. The lowest BCUT2D eigenvalue weighted by molar-refractivity contribution is -0.409. The number of Topliss-reactive ketones (excluding diaryl/α,β-unsaturated/α-hetero) is 1. The second-order valence-electron chi connectivity index (χ2n) is 20.1. The molecule has 5 heterocycles. The summed E-state index contributed by atoms with van der Waals surface area (Å²) >= 11 is 0. The number of ketones is 1. The summed E-state index contributed by atoms with van der Waals surface area (Å²) < 4.78 is 50.0. The zero-order valence-corrected chi connectivity index (χ0v) is 40.5. The van der Waals surface area contributed by atoms with Gasteiger partial charge in [-0.2, -0.15) is 0 Å². The molecule has 5 aliphatic rings. The number of hydrogen-bond acceptors (Lipinski definition) is 13. The molecule has 364 valence electrons. The highest BCUT2D eigenvalue weighted by atomic mass is 16.8. The molecule has 0 unspecified atom stereocenters. The third-order valence-corrected chi connectivity index (χ3v) is 15.8. The first-order chi connectivity index (χ1) is 29.8. The van der Waals surface area contributed by atoms with Crippen molar-refractivity contribution >= 4 is 11.7 Å². The van der Waals surface area contributed by atoms with Crippen LogP contribution in [0.2, 0.25) is 0 Å². The van der Waals surface area contributed by atoms with Gasteiger partial charge in [0.1, 0.15) is 11.9 Å². The fourth-order valence-electron chi connectivity index (χ4n) is 11.4. The Morgan fingerprint density at radius 3 is 2.19 bits per heavy atom. The highest BCUT2D eigenvalue weighted by molar-refractivity contribution is 5.84. The van der Waals surface area contributed by atoms with Crippen LogP contribution in [0.1, 0.15) is 133 Å². The van der Waals surface area contributed by atoms with Crippen LogP contribution in [-0.2, 0) is 47.5 Å². The average molecular weight is 896 g/mol. The van der Waals surface area contributed by atoms with Gasteiger partial charge in [-0.1, -0.05) is 55.4 Å². The first-order valence-corrected chi connectivity index (χ1v) is 24.5. The van der Waals surface area contributed by atoms with Crippen molar-refractivity contribution < 1.29 is 62.8 Å². The Kier molecular flexibility index (Phi) is 18.7. The van der Waals surface area contributed by atoms with Gasteiger partial charge in [0.25, 0.3) is 0 Å². The lowest BCUT2D eigenvalue weighted by atomic mass is 9.72. The molecule has 1 amide bonds. The van der Waals surface area contributed by atoms with E-state index in [9.17, 15) is 24.9 Å². The number of ether oxygens (including phenoxy) is 8. The molecular weight excluding hydrogens is 811 g/mol. The van der Waals surface area contributed by atoms with Crippen molar-refractivity contribution in [1.82, 2.24) is 5.32 Å². The first kappa shape index (κ1) is 52.4. The summed E-state index contributed by atoms with van der Waals surface area (Å²) in [6.45, 7) is 22.6. The van der Waals surface area contributed by atoms with Gasteiger partial charge in [0.2, 0.25) is 11.7 Å². The van der Waals surface area contributed by atoms with E-state index in [1.165, 1.54) is 0 Å². The summed E-state index contributed by atoms with van der Waals surface area (Å²) in [5, 5.41) is 37.6. The number of carbonyl (C=O) groups excluding carboxylic acids is 2. The van der Waals surface area contributed by atoms with E-state index >= 15 is 0 Å². The standard InChI is InChI=1S/C49H85NO13/c1-12-36(45(54)50-23-24-57-27-28-58-26-25-56-11)38-16-15-30(4)43(60-38)34(8)41(52)33(7)42(53)37(13-2)44-31(5)29-32(6)48(61-44)20-17-39(51)49(63-48)22-21-46(10,62-49)40-18-19-47(55,14-3)35(9)59-40/h17,20,30-41,43-44,51-52,55H,12-16,18-19,21-29H2,1-11H3,(H,50,54)/t30-,31-,32+,33-,34-,35-,36+,37-,38+,39+,40+,41+,43+,44-,46-,47+,48-,49-/m0/s1. The first-order valence-electron chi connectivity index (χ1n) is 24.5. The van der Waals surface area contributed by atoms with Gasteiger partial charge in [-0.15, -0.1) is 0 Å². The molecule has 5 rings (SSSR count). The number of rotatable bonds is 21. The molecule has 4 fully saturated rings. The Hall–Kier alpha value is -1.56. The molecule has 0 radical (unpaired) electrons. The monoisotopic (exact) mass is 896 g/mol. The van der Waals surface area contributed by atoms with Crippen LogP contribution in [0, 0.1) is 41.4 Å². The van der Waals surface area contributed by atoms with Gasteiger partial charge in [0.05, 0.1) is 86.8 Å². The molecule has 0 saturated carbocycles. The van der Waals surface area contributed by atoms with Gasteiger partial charge in [-0.25, -0.2) is 0 Å². The fourth-order valence-corrected chi connectivity index (χ4v) is 11.4. The van der Waals surface area contributed by atoms with Crippen LogP contribution >= 0.6 is 0 Å². The highest BCUT2D eigenvalue weighted by Crippen LogP contribution is 2.54. The third kappa shape index (κ3) is 11.6. The molecule has 63 heavy (non-hydrogen) atoms. The van der Waals surface area contributed by atoms with Crippen molar-refractivity contribution in [3.05, 3.63) is 12.2 Å². The Labute approximate surface area is 378 Å². The maximum atomic E-state index is 14.7. The number of methoxy groups -OCH3 is 1. The predicted octanol–water partition coefficient (Wildman–Crippen LogP) is 5.90. The van der Waals surface area contributed by atoms with Crippen LogP contribution in [0.15, 0.2) is 12.2 Å². The minimum Gasteiger partial charge on any atom is -0.392 e. The summed E-state index contributed by atoms with van der Waals surface area (Å²) in [5.41, 5.74) is -1.64. The fraction of sp³-hybridized carbons (Fsp3) is 0.918. The third-order valence-electron chi connectivity index (χ3n) is 15.8. The van der Waals surface area contributed by atoms with Crippen molar-refractivity contribution in [2.24, 2.45) is 41.4 Å². The van der Waals surface area contributed by atoms with Crippen LogP contribution in [0.4, 0.5) is 0 Å². The minimum absolute atomic E-state index is 0.0107. The largest absolute Gasteiger partial charge is 0.392 e. The average Bonchev–Trinajstić information content (AvgIpc) is 3.61. The Balaban J connectivity index is 1.21. The molecule has 0 aromatic carbocycles. The number of aliphatic hydroxyl groups excluding tert-OH is 2. The molecule has 14 heteroatoms.